The summed E-state index contributed by atoms with van der Waals surface area (Å²) in [7, 11) is 0. The summed E-state index contributed by atoms with van der Waals surface area (Å²) in [5.74, 6) is 0.575. The summed E-state index contributed by atoms with van der Waals surface area (Å²) < 4.78 is 0. The van der Waals surface area contributed by atoms with Crippen LogP contribution in [0.15, 0.2) is 0 Å². The number of carbonyl (C=O) groups excluding carboxylic acids is 1. The Labute approximate surface area is 92.2 Å². The van der Waals surface area contributed by atoms with Gasteiger partial charge in [-0.1, -0.05) is 0 Å². The molecule has 2 rings (SSSR count). The molecule has 0 aromatic carbocycles. The molecule has 0 amide bonds. The summed E-state index contributed by atoms with van der Waals surface area (Å²) in [6.07, 6.45) is 3.73. The van der Waals surface area contributed by atoms with Gasteiger partial charge in [0.2, 0.25) is 0 Å². The quantitative estimate of drug-likeness (QED) is 0.739. The number of carbonyl (C=O) groups is 1. The van der Waals surface area contributed by atoms with Crippen molar-refractivity contribution in [2.45, 2.75) is 45.2 Å². The predicted octanol–water partition coefficient (Wildman–Crippen LogP) is 1.04. The smallest absolute Gasteiger partial charge is 0.135 e. The number of hydrogen-bond acceptors (Lipinski definition) is 3. The van der Waals surface area contributed by atoms with E-state index in [0.717, 1.165) is 19.5 Å². The van der Waals surface area contributed by atoms with Gasteiger partial charge in [-0.2, -0.15) is 0 Å². The number of ketones is 1. The fourth-order valence-electron chi connectivity index (χ4n) is 3.10. The van der Waals surface area contributed by atoms with Crippen LogP contribution in [0.5, 0.6) is 0 Å². The molecule has 0 aromatic rings. The molecule has 0 bridgehead atoms. The first kappa shape index (κ1) is 11.1. The molecule has 2 aliphatic heterocycles. The first-order chi connectivity index (χ1) is 7.20. The fraction of sp³-hybridized carbons (Fsp3) is 0.917. The Balaban J connectivity index is 2.06. The van der Waals surface area contributed by atoms with Gasteiger partial charge in [0, 0.05) is 24.5 Å². The van der Waals surface area contributed by atoms with Gasteiger partial charge in [-0.15, -0.1) is 0 Å². The summed E-state index contributed by atoms with van der Waals surface area (Å²) >= 11 is 0. The van der Waals surface area contributed by atoms with E-state index < -0.39 is 0 Å². The maximum absolute atomic E-state index is 11.6. The largest absolute Gasteiger partial charge is 0.316 e. The lowest BCUT2D eigenvalue weighted by atomic mass is 9.88. The second-order valence-electron chi connectivity index (χ2n) is 5.01. The minimum atomic E-state index is 0.222. The van der Waals surface area contributed by atoms with E-state index >= 15 is 0 Å². The van der Waals surface area contributed by atoms with Crippen LogP contribution in [0.25, 0.3) is 0 Å². The van der Waals surface area contributed by atoms with Gasteiger partial charge in [-0.25, -0.2) is 0 Å². The predicted molar refractivity (Wildman–Crippen MR) is 60.8 cm³/mol. The van der Waals surface area contributed by atoms with Crippen molar-refractivity contribution in [3.8, 4) is 0 Å². The van der Waals surface area contributed by atoms with Crippen LogP contribution in [0.1, 0.15) is 33.1 Å². The molecule has 3 atom stereocenters. The van der Waals surface area contributed by atoms with E-state index in [1.54, 1.807) is 6.92 Å². The minimum Gasteiger partial charge on any atom is -0.316 e. The van der Waals surface area contributed by atoms with Gasteiger partial charge in [0.05, 0.1) is 0 Å². The molecule has 0 radical (unpaired) electrons. The highest BCUT2D eigenvalue weighted by Gasteiger charge is 2.36. The molecule has 2 aliphatic rings. The second kappa shape index (κ2) is 4.62. The highest BCUT2D eigenvalue weighted by Crippen LogP contribution is 2.27. The van der Waals surface area contributed by atoms with E-state index in [-0.39, 0.29) is 5.92 Å². The van der Waals surface area contributed by atoms with Crippen LogP contribution in [0.3, 0.4) is 0 Å². The van der Waals surface area contributed by atoms with Crippen LogP contribution in [-0.2, 0) is 4.79 Å². The standard InChI is InChI=1S/C12H22N2O/c1-9-4-3-7-14(9)12-5-6-13-8-11(12)10(2)15/h9,11-13H,3-8H2,1-2H3/t9-,11?,12?/m1/s1. The van der Waals surface area contributed by atoms with E-state index in [1.165, 1.54) is 19.4 Å². The van der Waals surface area contributed by atoms with E-state index in [1.807, 2.05) is 0 Å². The zero-order valence-corrected chi connectivity index (χ0v) is 9.83. The molecule has 0 spiro atoms. The molecular weight excluding hydrogens is 188 g/mol. The van der Waals surface area contributed by atoms with E-state index in [0.29, 0.717) is 17.9 Å². The Morgan fingerprint density at radius 1 is 1.40 bits per heavy atom. The van der Waals surface area contributed by atoms with Gasteiger partial charge in [0.1, 0.15) is 5.78 Å². The summed E-state index contributed by atoms with van der Waals surface area (Å²) in [5, 5.41) is 3.34. The van der Waals surface area contributed by atoms with Gasteiger partial charge in [0.25, 0.3) is 0 Å². The van der Waals surface area contributed by atoms with Gasteiger partial charge >= 0.3 is 0 Å². The summed E-state index contributed by atoms with van der Waals surface area (Å²) in [6, 6.07) is 1.18. The maximum Gasteiger partial charge on any atom is 0.135 e. The van der Waals surface area contributed by atoms with Crippen molar-refractivity contribution in [2.75, 3.05) is 19.6 Å². The monoisotopic (exact) mass is 210 g/mol. The maximum atomic E-state index is 11.6. The molecule has 0 aromatic heterocycles. The van der Waals surface area contributed by atoms with Crippen LogP contribution in [0, 0.1) is 5.92 Å². The lowest BCUT2D eigenvalue weighted by Gasteiger charge is -2.39. The summed E-state index contributed by atoms with van der Waals surface area (Å²) in [5.41, 5.74) is 0. The molecule has 15 heavy (non-hydrogen) atoms. The van der Waals surface area contributed by atoms with E-state index in [2.05, 4.69) is 17.1 Å². The average Bonchev–Trinajstić information content (AvgIpc) is 2.64. The molecule has 0 aliphatic carbocycles. The van der Waals surface area contributed by atoms with Gasteiger partial charge < -0.3 is 5.32 Å². The topological polar surface area (TPSA) is 32.3 Å². The average molecular weight is 210 g/mol. The fourth-order valence-corrected chi connectivity index (χ4v) is 3.10. The lowest BCUT2D eigenvalue weighted by molar-refractivity contribution is -0.123. The third kappa shape index (κ3) is 2.23. The molecule has 2 fully saturated rings. The Kier molecular flexibility index (Phi) is 3.42. The lowest BCUT2D eigenvalue weighted by Crippen LogP contribution is -2.52. The van der Waals surface area contributed by atoms with E-state index in [9.17, 15) is 4.79 Å². The Hall–Kier alpha value is -0.410. The molecule has 3 heteroatoms. The number of nitrogens with one attached hydrogen (secondary N) is 1. The highest BCUT2D eigenvalue weighted by atomic mass is 16.1. The molecule has 2 heterocycles. The summed E-state index contributed by atoms with van der Waals surface area (Å²) in [6.45, 7) is 7.17. The molecule has 2 saturated heterocycles. The van der Waals surface area contributed by atoms with Crippen molar-refractivity contribution in [1.82, 2.24) is 10.2 Å². The van der Waals surface area contributed by atoms with Crippen LogP contribution in [-0.4, -0.2) is 42.4 Å². The number of nitrogens with zero attached hydrogens (tertiary/aromatic N) is 1. The molecule has 1 N–H and O–H groups in total. The van der Waals surface area contributed by atoms with Crippen molar-refractivity contribution in [2.24, 2.45) is 5.92 Å². The highest BCUT2D eigenvalue weighted by molar-refractivity contribution is 5.79. The zero-order valence-electron chi connectivity index (χ0n) is 9.83. The number of piperidine rings is 1. The minimum absolute atomic E-state index is 0.222. The van der Waals surface area contributed by atoms with Crippen LogP contribution >= 0.6 is 0 Å². The Morgan fingerprint density at radius 3 is 2.80 bits per heavy atom. The Morgan fingerprint density at radius 2 is 2.20 bits per heavy atom. The third-order valence-electron chi connectivity index (χ3n) is 4.00. The number of Topliss-reactive ketones (excluding diaryl/α,β-unsaturated/α-hetero) is 1. The van der Waals surface area contributed by atoms with Gasteiger partial charge in [0.15, 0.2) is 0 Å². The zero-order chi connectivity index (χ0) is 10.8. The molecule has 3 nitrogen and oxygen atoms in total. The van der Waals surface area contributed by atoms with Crippen molar-refractivity contribution >= 4 is 5.78 Å². The van der Waals surface area contributed by atoms with Crippen LogP contribution < -0.4 is 5.32 Å². The van der Waals surface area contributed by atoms with Crippen LogP contribution in [0.2, 0.25) is 0 Å². The van der Waals surface area contributed by atoms with E-state index in [4.69, 9.17) is 0 Å². The van der Waals surface area contributed by atoms with Crippen LogP contribution in [0.4, 0.5) is 0 Å². The first-order valence-corrected chi connectivity index (χ1v) is 6.17. The van der Waals surface area contributed by atoms with Crippen molar-refractivity contribution in [3.63, 3.8) is 0 Å². The van der Waals surface area contributed by atoms with Crippen molar-refractivity contribution in [1.29, 1.82) is 0 Å². The second-order valence-corrected chi connectivity index (χ2v) is 5.01. The number of likely N-dealkylation sites (tertiary alicyclic amines) is 1. The van der Waals surface area contributed by atoms with Crippen molar-refractivity contribution in [3.05, 3.63) is 0 Å². The third-order valence-corrected chi connectivity index (χ3v) is 4.00. The van der Waals surface area contributed by atoms with Crippen molar-refractivity contribution < 1.29 is 4.79 Å². The van der Waals surface area contributed by atoms with Gasteiger partial charge in [-0.3, -0.25) is 9.69 Å². The normalized spacial score (nSPS) is 38.1. The Bertz CT molecular complexity index is 242. The first-order valence-electron chi connectivity index (χ1n) is 6.17. The molecule has 86 valence electrons. The number of hydrogen-bond donors (Lipinski definition) is 1. The summed E-state index contributed by atoms with van der Waals surface area (Å²) in [4.78, 5) is 14.2. The molecule has 0 saturated carbocycles. The molecule has 2 unspecified atom stereocenters. The van der Waals surface area contributed by atoms with Gasteiger partial charge in [-0.05, 0) is 46.2 Å². The number of rotatable bonds is 2. The SMILES string of the molecule is CC(=O)C1CNCCC1N1CCC[C@H]1C. The molecular formula is C12H22N2O.